The normalized spacial score (nSPS) is 33.3. The lowest BCUT2D eigenvalue weighted by Crippen LogP contribution is -2.66. The molecule has 1 saturated heterocycles. The van der Waals surface area contributed by atoms with E-state index >= 15 is 0 Å². The fourth-order valence-corrected chi connectivity index (χ4v) is 5.17. The molecule has 2 aliphatic rings. The third kappa shape index (κ3) is 4.22. The van der Waals surface area contributed by atoms with Gasteiger partial charge in [0.15, 0.2) is 0 Å². The lowest BCUT2D eigenvalue weighted by atomic mass is 9.63. The van der Waals surface area contributed by atoms with Crippen molar-refractivity contribution >= 4 is 0 Å². The van der Waals surface area contributed by atoms with E-state index in [2.05, 4.69) is 65.6 Å². The Balaban J connectivity index is 2.23. The van der Waals surface area contributed by atoms with Gasteiger partial charge in [-0.25, -0.2) is 0 Å². The molecule has 1 aliphatic heterocycles. The molecular formula is C19H38N2. The van der Waals surface area contributed by atoms with E-state index in [1.807, 2.05) is 0 Å². The fourth-order valence-electron chi connectivity index (χ4n) is 5.17. The van der Waals surface area contributed by atoms with Crippen LogP contribution < -0.4 is 5.32 Å². The Hall–Kier alpha value is -0.0800. The molecule has 0 amide bonds. The van der Waals surface area contributed by atoms with Crippen LogP contribution in [0, 0.1) is 16.7 Å². The number of hydrogen-bond donors (Lipinski definition) is 1. The van der Waals surface area contributed by atoms with E-state index in [9.17, 15) is 0 Å². The molecule has 0 aromatic heterocycles. The van der Waals surface area contributed by atoms with Gasteiger partial charge in [0.05, 0.1) is 0 Å². The first kappa shape index (κ1) is 17.3. The van der Waals surface area contributed by atoms with Gasteiger partial charge in [0.1, 0.15) is 0 Å². The van der Waals surface area contributed by atoms with Crippen molar-refractivity contribution in [3.05, 3.63) is 0 Å². The number of nitrogens with zero attached hydrogens (tertiary/aromatic N) is 1. The van der Waals surface area contributed by atoms with Crippen molar-refractivity contribution in [1.29, 1.82) is 0 Å². The molecule has 2 nitrogen and oxygen atoms in total. The highest BCUT2D eigenvalue weighted by atomic mass is 15.3. The topological polar surface area (TPSA) is 15.3 Å². The van der Waals surface area contributed by atoms with Crippen LogP contribution in [-0.2, 0) is 0 Å². The largest absolute Gasteiger partial charge is 0.309 e. The van der Waals surface area contributed by atoms with Crippen LogP contribution in [0.5, 0.6) is 0 Å². The summed E-state index contributed by atoms with van der Waals surface area (Å²) in [5.41, 5.74) is 1.20. The molecule has 0 spiro atoms. The zero-order valence-corrected chi connectivity index (χ0v) is 15.7. The summed E-state index contributed by atoms with van der Waals surface area (Å²) in [6, 6.07) is 1.44. The number of hydrogen-bond acceptors (Lipinski definition) is 2. The van der Waals surface area contributed by atoms with Crippen LogP contribution in [0.4, 0.5) is 0 Å². The maximum Gasteiger partial charge on any atom is 0.0253 e. The molecule has 0 aromatic rings. The van der Waals surface area contributed by atoms with Gasteiger partial charge in [-0.05, 0) is 49.9 Å². The van der Waals surface area contributed by atoms with Gasteiger partial charge < -0.3 is 5.32 Å². The molecule has 1 atom stereocenters. The molecule has 21 heavy (non-hydrogen) atoms. The van der Waals surface area contributed by atoms with Crippen molar-refractivity contribution in [1.82, 2.24) is 10.2 Å². The molecule has 1 heterocycles. The van der Waals surface area contributed by atoms with E-state index in [1.54, 1.807) is 0 Å². The molecule has 2 fully saturated rings. The highest BCUT2D eigenvalue weighted by Gasteiger charge is 2.45. The average Bonchev–Trinajstić information content (AvgIpc) is 2.22. The van der Waals surface area contributed by atoms with Crippen LogP contribution in [0.3, 0.4) is 0 Å². The first-order valence-corrected chi connectivity index (χ1v) is 8.92. The maximum atomic E-state index is 3.76. The van der Waals surface area contributed by atoms with Crippen LogP contribution in [0.2, 0.25) is 0 Å². The second kappa shape index (κ2) is 5.53. The fraction of sp³-hybridized carbons (Fsp3) is 1.00. The minimum atomic E-state index is 0.247. The highest BCUT2D eigenvalue weighted by Crippen LogP contribution is 2.48. The van der Waals surface area contributed by atoms with Gasteiger partial charge >= 0.3 is 0 Å². The lowest BCUT2D eigenvalue weighted by Gasteiger charge is -2.55. The maximum absolute atomic E-state index is 3.76. The Morgan fingerprint density at radius 3 is 1.95 bits per heavy atom. The van der Waals surface area contributed by atoms with Crippen LogP contribution in [0.1, 0.15) is 74.7 Å². The molecule has 0 radical (unpaired) electrons. The number of piperazine rings is 1. The van der Waals surface area contributed by atoms with Gasteiger partial charge in [-0.2, -0.15) is 0 Å². The van der Waals surface area contributed by atoms with Gasteiger partial charge in [0, 0.05) is 30.7 Å². The van der Waals surface area contributed by atoms with Crippen molar-refractivity contribution in [3.8, 4) is 0 Å². The van der Waals surface area contributed by atoms with Gasteiger partial charge in [0.2, 0.25) is 0 Å². The highest BCUT2D eigenvalue weighted by molar-refractivity contribution is 5.00. The van der Waals surface area contributed by atoms with E-state index < -0.39 is 0 Å². The summed E-state index contributed by atoms with van der Waals surface area (Å²) in [6.07, 6.45) is 4.07. The molecule has 124 valence electrons. The van der Waals surface area contributed by atoms with E-state index in [-0.39, 0.29) is 5.54 Å². The van der Waals surface area contributed by atoms with Crippen molar-refractivity contribution in [2.75, 3.05) is 13.1 Å². The van der Waals surface area contributed by atoms with Crippen LogP contribution in [0.15, 0.2) is 0 Å². The summed E-state index contributed by atoms with van der Waals surface area (Å²) in [5, 5.41) is 3.76. The number of rotatable bonds is 2. The zero-order valence-electron chi connectivity index (χ0n) is 15.7. The van der Waals surface area contributed by atoms with Gasteiger partial charge in [-0.1, -0.05) is 41.5 Å². The van der Waals surface area contributed by atoms with Crippen molar-refractivity contribution in [3.63, 3.8) is 0 Å². The van der Waals surface area contributed by atoms with Crippen molar-refractivity contribution in [2.45, 2.75) is 92.3 Å². The summed E-state index contributed by atoms with van der Waals surface area (Å²) in [7, 11) is 0. The molecule has 0 bridgehead atoms. The average molecular weight is 295 g/mol. The first-order valence-electron chi connectivity index (χ1n) is 8.92. The standard InChI is InChI=1S/C19H38N2/c1-14(2)16-11-20-19(7,8)13-21(16)15-9-17(3,4)12-18(5,6)10-15/h14-16,20H,9-13H2,1-8H3. The molecule has 1 N–H and O–H groups in total. The van der Waals surface area contributed by atoms with Crippen LogP contribution >= 0.6 is 0 Å². The second-order valence-corrected chi connectivity index (χ2v) is 10.3. The Kier molecular flexibility index (Phi) is 4.55. The van der Waals surface area contributed by atoms with Gasteiger partial charge in [0.25, 0.3) is 0 Å². The predicted octanol–water partition coefficient (Wildman–Crippen LogP) is 4.30. The molecule has 2 rings (SSSR count). The molecule has 1 saturated carbocycles. The Morgan fingerprint density at radius 1 is 0.952 bits per heavy atom. The van der Waals surface area contributed by atoms with Crippen LogP contribution in [-0.4, -0.2) is 35.6 Å². The van der Waals surface area contributed by atoms with Gasteiger partial charge in [-0.3, -0.25) is 4.90 Å². The van der Waals surface area contributed by atoms with E-state index in [4.69, 9.17) is 0 Å². The molecule has 1 aliphatic carbocycles. The monoisotopic (exact) mass is 294 g/mol. The molecular weight excluding hydrogens is 256 g/mol. The third-order valence-corrected chi connectivity index (χ3v) is 5.57. The van der Waals surface area contributed by atoms with Crippen LogP contribution in [0.25, 0.3) is 0 Å². The summed E-state index contributed by atoms with van der Waals surface area (Å²) in [5.74, 6) is 0.724. The first-order chi connectivity index (χ1) is 9.41. The Bertz CT molecular complexity index is 352. The Morgan fingerprint density at radius 2 is 1.48 bits per heavy atom. The third-order valence-electron chi connectivity index (χ3n) is 5.57. The second-order valence-electron chi connectivity index (χ2n) is 10.3. The number of nitrogens with one attached hydrogen (secondary N) is 1. The molecule has 1 unspecified atom stereocenters. The summed E-state index contributed by atoms with van der Waals surface area (Å²) in [6.45, 7) is 21.7. The Labute approximate surface area is 133 Å². The van der Waals surface area contributed by atoms with Crippen molar-refractivity contribution in [2.24, 2.45) is 16.7 Å². The minimum absolute atomic E-state index is 0.247. The molecule has 2 heteroatoms. The zero-order chi connectivity index (χ0) is 16.1. The molecule has 0 aromatic carbocycles. The van der Waals surface area contributed by atoms with Crippen molar-refractivity contribution < 1.29 is 0 Å². The minimum Gasteiger partial charge on any atom is -0.309 e. The quantitative estimate of drug-likeness (QED) is 0.817. The van der Waals surface area contributed by atoms with E-state index in [0.717, 1.165) is 18.5 Å². The summed E-state index contributed by atoms with van der Waals surface area (Å²) in [4.78, 5) is 2.86. The van der Waals surface area contributed by atoms with Gasteiger partial charge in [-0.15, -0.1) is 0 Å². The predicted molar refractivity (Wildman–Crippen MR) is 92.6 cm³/mol. The summed E-state index contributed by atoms with van der Waals surface area (Å²) < 4.78 is 0. The SMILES string of the molecule is CC(C)C1CNC(C)(C)CN1C1CC(C)(C)CC(C)(C)C1. The van der Waals surface area contributed by atoms with E-state index in [0.29, 0.717) is 16.9 Å². The van der Waals surface area contributed by atoms with E-state index in [1.165, 1.54) is 25.8 Å². The smallest absolute Gasteiger partial charge is 0.0253 e. The summed E-state index contributed by atoms with van der Waals surface area (Å²) >= 11 is 0. The lowest BCUT2D eigenvalue weighted by molar-refractivity contribution is -0.0348.